The molecule has 0 aromatic carbocycles. The number of fused-ring (bicyclic) bond motifs is 1. The van der Waals surface area contributed by atoms with Gasteiger partial charge >= 0.3 is 5.97 Å². The Morgan fingerprint density at radius 3 is 2.30 bits per heavy atom. The van der Waals surface area contributed by atoms with Crippen molar-refractivity contribution in [3.8, 4) is 0 Å². The molecule has 0 N–H and O–H groups in total. The molecule has 5 unspecified atom stereocenters. The van der Waals surface area contributed by atoms with Gasteiger partial charge in [-0.3, -0.25) is 0 Å². The summed E-state index contributed by atoms with van der Waals surface area (Å²) in [7, 11) is 0. The fourth-order valence-electron chi connectivity index (χ4n) is 8.11. The van der Waals surface area contributed by atoms with E-state index >= 15 is 0 Å². The number of ether oxygens (including phenoxy) is 3. The van der Waals surface area contributed by atoms with E-state index in [9.17, 15) is 4.79 Å². The molecule has 0 amide bonds. The van der Waals surface area contributed by atoms with Crippen molar-refractivity contribution in [3.05, 3.63) is 25.3 Å². The Bertz CT molecular complexity index is 760. The topological polar surface area (TPSA) is 63.2 Å². The third-order valence-electron chi connectivity index (χ3n) is 10.4. The Kier molecular flexibility index (Phi) is 13.5. The maximum atomic E-state index is 11.1. The quantitative estimate of drug-likeness (QED) is 0.0537. The molecule has 0 radical (unpaired) electrons. The number of unbranched alkanes of at least 4 members (excludes halogenated alkanes) is 3. The molecule has 3 aliphatic carbocycles. The Morgan fingerprint density at radius 2 is 1.52 bits per heavy atom. The lowest BCUT2D eigenvalue weighted by Crippen LogP contribution is -2.50. The molecule has 4 rings (SSSR count). The predicted molar refractivity (Wildman–Crippen MR) is 158 cm³/mol. The average Bonchev–Trinajstić information content (AvgIpc) is 2.98. The second-order valence-electron chi connectivity index (χ2n) is 12.9. The number of hydrogen-bond donors (Lipinski definition) is 0. The maximum Gasteiger partial charge on any atom is 0.330 e. The average molecular weight is 561 g/mol. The van der Waals surface area contributed by atoms with E-state index in [1.807, 2.05) is 0 Å². The van der Waals surface area contributed by atoms with Gasteiger partial charge in [-0.15, -0.1) is 6.58 Å². The van der Waals surface area contributed by atoms with E-state index in [0.717, 1.165) is 88.3 Å². The second kappa shape index (κ2) is 17.0. The van der Waals surface area contributed by atoms with Crippen LogP contribution < -0.4 is 0 Å². The highest BCUT2D eigenvalue weighted by molar-refractivity contribution is 5.81. The summed E-state index contributed by atoms with van der Waals surface area (Å²) in [4.78, 5) is 22.5. The molecular weight excluding hydrogens is 504 g/mol. The van der Waals surface area contributed by atoms with Crippen molar-refractivity contribution in [2.24, 2.45) is 23.7 Å². The number of carbonyl (C=O) groups is 1. The molecule has 3 saturated carbocycles. The molecule has 0 aromatic rings. The van der Waals surface area contributed by atoms with Crippen LogP contribution in [0.3, 0.4) is 0 Å². The summed E-state index contributed by atoms with van der Waals surface area (Å²) in [5.74, 6) is 3.15. The van der Waals surface area contributed by atoms with E-state index in [4.69, 9.17) is 24.0 Å². The largest absolute Gasteiger partial charge is 0.463 e. The summed E-state index contributed by atoms with van der Waals surface area (Å²) in [6.07, 6.45) is 25.1. The summed E-state index contributed by atoms with van der Waals surface area (Å²) in [5, 5.41) is 0. The Balaban J connectivity index is 1.14. The van der Waals surface area contributed by atoms with Gasteiger partial charge in [0.2, 0.25) is 0 Å². The first kappa shape index (κ1) is 31.7. The Labute approximate surface area is 243 Å². The SMILES string of the molecule is C=CCOOC1CCCCCOC12CCC(C1CCC3CC(OCCCCCCOC(=O)C=C)CCC3C1)CC2. The standard InChI is InChI=1S/C34H56O6/c1-3-21-39-40-32-12-8-7-11-24-38-34(32)19-17-27(18-20-34)28-13-14-30-26-31(16-15-29(30)25-28)36-22-9-5-6-10-23-37-33(35)4-2/h3-4,27-32H,1-2,5-26H2. The van der Waals surface area contributed by atoms with Gasteiger partial charge in [-0.2, -0.15) is 0 Å². The Hall–Kier alpha value is -1.21. The van der Waals surface area contributed by atoms with Gasteiger partial charge in [0.1, 0.15) is 12.7 Å². The normalized spacial score (nSPS) is 34.8. The molecule has 1 spiro atoms. The zero-order valence-electron chi connectivity index (χ0n) is 25.0. The van der Waals surface area contributed by atoms with Crippen LogP contribution in [0.25, 0.3) is 0 Å². The van der Waals surface area contributed by atoms with Crippen LogP contribution >= 0.6 is 0 Å². The van der Waals surface area contributed by atoms with Crippen molar-refractivity contribution >= 4 is 5.97 Å². The first-order valence-corrected chi connectivity index (χ1v) is 16.6. The van der Waals surface area contributed by atoms with Crippen LogP contribution in [-0.4, -0.2) is 50.2 Å². The molecule has 4 fully saturated rings. The molecule has 6 nitrogen and oxygen atoms in total. The summed E-state index contributed by atoms with van der Waals surface area (Å²) in [6, 6.07) is 0. The lowest BCUT2D eigenvalue weighted by atomic mass is 9.61. The fourth-order valence-corrected chi connectivity index (χ4v) is 8.11. The van der Waals surface area contributed by atoms with Crippen LogP contribution in [0.15, 0.2) is 25.3 Å². The molecule has 1 aliphatic heterocycles. The van der Waals surface area contributed by atoms with Gasteiger partial charge in [-0.1, -0.05) is 31.9 Å². The van der Waals surface area contributed by atoms with Crippen LogP contribution in [0.2, 0.25) is 0 Å². The second-order valence-corrected chi connectivity index (χ2v) is 12.9. The first-order valence-electron chi connectivity index (χ1n) is 16.6. The summed E-state index contributed by atoms with van der Waals surface area (Å²) >= 11 is 0. The van der Waals surface area contributed by atoms with Crippen molar-refractivity contribution in [1.29, 1.82) is 0 Å². The molecule has 40 heavy (non-hydrogen) atoms. The van der Waals surface area contributed by atoms with Gasteiger partial charge in [-0.25, -0.2) is 14.6 Å². The van der Waals surface area contributed by atoms with Gasteiger partial charge in [0, 0.05) is 19.3 Å². The molecular formula is C34H56O6. The number of esters is 1. The van der Waals surface area contributed by atoms with Gasteiger partial charge in [-0.05, 0) is 120 Å². The molecule has 4 aliphatic rings. The van der Waals surface area contributed by atoms with Crippen molar-refractivity contribution < 1.29 is 28.8 Å². The van der Waals surface area contributed by atoms with Gasteiger partial charge in [0.15, 0.2) is 0 Å². The van der Waals surface area contributed by atoms with Gasteiger partial charge < -0.3 is 14.2 Å². The number of carbonyl (C=O) groups excluding carboxylic acids is 1. The summed E-state index contributed by atoms with van der Waals surface area (Å²) < 4.78 is 18.0. The molecule has 228 valence electrons. The van der Waals surface area contributed by atoms with E-state index < -0.39 is 0 Å². The van der Waals surface area contributed by atoms with E-state index in [-0.39, 0.29) is 17.7 Å². The van der Waals surface area contributed by atoms with Crippen LogP contribution in [0, 0.1) is 23.7 Å². The lowest BCUT2D eigenvalue weighted by molar-refractivity contribution is -0.356. The van der Waals surface area contributed by atoms with E-state index in [2.05, 4.69) is 13.2 Å². The molecule has 0 aromatic heterocycles. The monoisotopic (exact) mass is 560 g/mol. The van der Waals surface area contributed by atoms with E-state index in [1.165, 1.54) is 70.3 Å². The first-order chi connectivity index (χ1) is 19.6. The minimum absolute atomic E-state index is 0.0433. The number of rotatable bonds is 14. The van der Waals surface area contributed by atoms with Gasteiger partial charge in [0.25, 0.3) is 0 Å². The molecule has 5 atom stereocenters. The maximum absolute atomic E-state index is 11.1. The van der Waals surface area contributed by atoms with Gasteiger partial charge in [0.05, 0.1) is 18.3 Å². The minimum Gasteiger partial charge on any atom is -0.463 e. The van der Waals surface area contributed by atoms with Crippen LogP contribution in [-0.2, 0) is 28.8 Å². The molecule has 6 heteroatoms. The Morgan fingerprint density at radius 1 is 0.800 bits per heavy atom. The van der Waals surface area contributed by atoms with Crippen LogP contribution in [0.4, 0.5) is 0 Å². The number of hydrogen-bond acceptors (Lipinski definition) is 6. The van der Waals surface area contributed by atoms with Crippen molar-refractivity contribution in [3.63, 3.8) is 0 Å². The van der Waals surface area contributed by atoms with E-state index in [0.29, 0.717) is 19.3 Å². The lowest BCUT2D eigenvalue weighted by Gasteiger charge is -2.49. The zero-order valence-corrected chi connectivity index (χ0v) is 25.0. The molecule has 0 bridgehead atoms. The molecule has 1 heterocycles. The van der Waals surface area contributed by atoms with Crippen molar-refractivity contribution in [2.75, 3.05) is 26.4 Å². The predicted octanol–water partition coefficient (Wildman–Crippen LogP) is 7.90. The molecule has 1 saturated heterocycles. The third-order valence-corrected chi connectivity index (χ3v) is 10.4. The fraction of sp³-hybridized carbons (Fsp3) is 0.853. The van der Waals surface area contributed by atoms with Crippen LogP contribution in [0.5, 0.6) is 0 Å². The van der Waals surface area contributed by atoms with Crippen molar-refractivity contribution in [1.82, 2.24) is 0 Å². The smallest absolute Gasteiger partial charge is 0.330 e. The summed E-state index contributed by atoms with van der Waals surface area (Å²) in [6.45, 7) is 9.83. The van der Waals surface area contributed by atoms with Crippen molar-refractivity contribution in [2.45, 2.75) is 133 Å². The third kappa shape index (κ3) is 9.40. The highest BCUT2D eigenvalue weighted by Crippen LogP contribution is 2.50. The highest BCUT2D eigenvalue weighted by atomic mass is 17.2. The highest BCUT2D eigenvalue weighted by Gasteiger charge is 2.47. The summed E-state index contributed by atoms with van der Waals surface area (Å²) in [5.41, 5.74) is -0.164. The van der Waals surface area contributed by atoms with Crippen LogP contribution in [0.1, 0.15) is 116 Å². The zero-order chi connectivity index (χ0) is 28.0. The minimum atomic E-state index is -0.325. The van der Waals surface area contributed by atoms with E-state index in [1.54, 1.807) is 6.08 Å².